The molecule has 206 valence electrons. The first-order valence-corrected chi connectivity index (χ1v) is 13.9. The fourth-order valence-corrected chi connectivity index (χ4v) is 6.42. The molecule has 1 unspecified atom stereocenters. The van der Waals surface area contributed by atoms with Gasteiger partial charge in [0.05, 0.1) is 11.2 Å². The van der Waals surface area contributed by atoms with Gasteiger partial charge in [0, 0.05) is 42.9 Å². The summed E-state index contributed by atoms with van der Waals surface area (Å²) >= 11 is 0. The van der Waals surface area contributed by atoms with E-state index in [0.29, 0.717) is 43.7 Å². The first kappa shape index (κ1) is 26.4. The molecule has 2 fully saturated rings. The van der Waals surface area contributed by atoms with Crippen molar-refractivity contribution in [3.05, 3.63) is 23.0 Å². The lowest BCUT2D eigenvalue weighted by Gasteiger charge is -2.47. The number of carbonyl (C=O) groups is 2. The largest absolute Gasteiger partial charge is 0.368 e. The molecule has 0 radical (unpaired) electrons. The van der Waals surface area contributed by atoms with Gasteiger partial charge < -0.3 is 26.6 Å². The van der Waals surface area contributed by atoms with Crippen LogP contribution < -0.4 is 21.7 Å². The van der Waals surface area contributed by atoms with E-state index in [1.807, 2.05) is 11.0 Å². The third kappa shape index (κ3) is 4.61. The van der Waals surface area contributed by atoms with Crippen molar-refractivity contribution in [1.82, 2.24) is 25.1 Å². The van der Waals surface area contributed by atoms with Crippen LogP contribution >= 0.6 is 0 Å². The number of anilines is 3. The normalized spacial score (nSPS) is 23.7. The van der Waals surface area contributed by atoms with Crippen LogP contribution in [0.3, 0.4) is 0 Å². The number of primary amides is 1. The van der Waals surface area contributed by atoms with Gasteiger partial charge in [-0.15, -0.1) is 0 Å². The summed E-state index contributed by atoms with van der Waals surface area (Å²) in [6.07, 6.45) is 5.79. The quantitative estimate of drug-likeness (QED) is 0.430. The Hall–Kier alpha value is -3.21. The van der Waals surface area contributed by atoms with E-state index in [9.17, 15) is 9.59 Å². The van der Waals surface area contributed by atoms with E-state index in [1.165, 1.54) is 0 Å². The van der Waals surface area contributed by atoms with Crippen molar-refractivity contribution >= 4 is 29.4 Å². The molecule has 0 bridgehead atoms. The van der Waals surface area contributed by atoms with Gasteiger partial charge in [0.25, 0.3) is 0 Å². The molecule has 2 amide bonds. The van der Waals surface area contributed by atoms with Crippen LogP contribution in [0.1, 0.15) is 82.7 Å². The zero-order valence-electron chi connectivity index (χ0n) is 23.0. The molecule has 0 saturated carbocycles. The molecule has 1 aliphatic carbocycles. The van der Waals surface area contributed by atoms with Crippen LogP contribution in [-0.4, -0.2) is 67.6 Å². The lowest BCUT2D eigenvalue weighted by molar-refractivity contribution is -0.139. The highest BCUT2D eigenvalue weighted by Gasteiger charge is 2.54. The van der Waals surface area contributed by atoms with E-state index >= 15 is 0 Å². The zero-order chi connectivity index (χ0) is 27.2. The fourth-order valence-electron chi connectivity index (χ4n) is 6.42. The number of carbonyl (C=O) groups excluding carboxylic acids is 2. The number of aromatic amines is 1. The predicted octanol–water partition coefficient (Wildman–Crippen LogP) is 2.36. The van der Waals surface area contributed by atoms with E-state index in [0.717, 1.165) is 61.3 Å². The van der Waals surface area contributed by atoms with Gasteiger partial charge in [-0.1, -0.05) is 13.8 Å². The topological polar surface area (TPSA) is 159 Å². The van der Waals surface area contributed by atoms with Crippen molar-refractivity contribution in [1.29, 1.82) is 0 Å². The van der Waals surface area contributed by atoms with Gasteiger partial charge in [0.1, 0.15) is 11.4 Å². The number of aromatic nitrogens is 4. The van der Waals surface area contributed by atoms with Crippen molar-refractivity contribution in [2.45, 2.75) is 89.6 Å². The van der Waals surface area contributed by atoms with Crippen LogP contribution in [0.4, 0.5) is 17.6 Å². The maximum Gasteiger partial charge on any atom is 0.243 e. The fraction of sp³-hybridized carbons (Fsp3) is 0.667. The Labute approximate surface area is 224 Å². The van der Waals surface area contributed by atoms with Crippen LogP contribution in [0.15, 0.2) is 6.07 Å². The van der Waals surface area contributed by atoms with Crippen LogP contribution in [-0.2, 0) is 22.4 Å². The van der Waals surface area contributed by atoms with Gasteiger partial charge in [-0.3, -0.25) is 14.7 Å². The second-order valence-electron chi connectivity index (χ2n) is 12.0. The summed E-state index contributed by atoms with van der Waals surface area (Å²) in [6.45, 7) is 9.39. The van der Waals surface area contributed by atoms with Crippen molar-refractivity contribution in [3.63, 3.8) is 0 Å². The molecule has 5 rings (SSSR count). The van der Waals surface area contributed by atoms with Gasteiger partial charge in [-0.25, -0.2) is 4.98 Å². The lowest BCUT2D eigenvalue weighted by atomic mass is 9.76. The van der Waals surface area contributed by atoms with Crippen LogP contribution in [0, 0.1) is 5.92 Å². The number of likely N-dealkylation sites (tertiary alicyclic amines) is 1. The third-order valence-electron chi connectivity index (χ3n) is 8.41. The maximum atomic E-state index is 13.3. The molecule has 2 aromatic heterocycles. The number of nitrogens with zero attached hydrogens (tertiary/aromatic N) is 5. The molecular weight excluding hydrogens is 482 g/mol. The number of nitrogens with one attached hydrogen (secondary N) is 2. The Morgan fingerprint density at radius 2 is 1.97 bits per heavy atom. The SMILES string of the molecule is CC(C)c1cc(Nc2nc(N3CCCC3(C(N)=O)[C@@H]3CCCN(C(=O)C(C)(C)N)C3)nc3c2CCC3)n[nH]1. The van der Waals surface area contributed by atoms with Gasteiger partial charge in [-0.05, 0) is 64.7 Å². The highest BCUT2D eigenvalue weighted by atomic mass is 16.2. The molecule has 38 heavy (non-hydrogen) atoms. The van der Waals surface area contributed by atoms with Gasteiger partial charge >= 0.3 is 0 Å². The highest BCUT2D eigenvalue weighted by Crippen LogP contribution is 2.43. The van der Waals surface area contributed by atoms with Crippen molar-refractivity contribution in [2.24, 2.45) is 17.4 Å². The summed E-state index contributed by atoms with van der Waals surface area (Å²) in [6, 6.07) is 2.00. The third-order valence-corrected chi connectivity index (χ3v) is 8.41. The molecule has 2 saturated heterocycles. The Kier molecular flexibility index (Phi) is 6.83. The number of hydrogen-bond acceptors (Lipinski definition) is 8. The molecule has 11 nitrogen and oxygen atoms in total. The number of nitrogens with two attached hydrogens (primary N) is 2. The molecule has 3 aliphatic rings. The molecule has 2 atom stereocenters. The highest BCUT2D eigenvalue weighted by molar-refractivity contribution is 5.90. The molecule has 0 spiro atoms. The van der Waals surface area contributed by atoms with Gasteiger partial charge in [0.15, 0.2) is 5.82 Å². The average molecular weight is 524 g/mol. The smallest absolute Gasteiger partial charge is 0.243 e. The van der Waals surface area contributed by atoms with Crippen molar-refractivity contribution < 1.29 is 9.59 Å². The second-order valence-corrected chi connectivity index (χ2v) is 12.0. The molecule has 4 heterocycles. The molecule has 11 heteroatoms. The minimum absolute atomic E-state index is 0.105. The number of aryl methyl sites for hydroxylation is 1. The van der Waals surface area contributed by atoms with Crippen molar-refractivity contribution in [3.8, 4) is 0 Å². The Bertz CT molecular complexity index is 1220. The van der Waals surface area contributed by atoms with Crippen LogP contribution in [0.2, 0.25) is 0 Å². The summed E-state index contributed by atoms with van der Waals surface area (Å²) in [5.41, 5.74) is 13.6. The lowest BCUT2D eigenvalue weighted by Crippen LogP contribution is -2.64. The Balaban J connectivity index is 1.50. The number of hydrogen-bond donors (Lipinski definition) is 4. The number of fused-ring (bicyclic) bond motifs is 1. The minimum Gasteiger partial charge on any atom is -0.368 e. The zero-order valence-corrected chi connectivity index (χ0v) is 23.0. The summed E-state index contributed by atoms with van der Waals surface area (Å²) in [4.78, 5) is 40.1. The van der Waals surface area contributed by atoms with E-state index in [-0.39, 0.29) is 17.7 Å². The van der Waals surface area contributed by atoms with E-state index in [2.05, 4.69) is 29.4 Å². The standard InChI is InChI=1S/C27H41N9O2/c1-16(2)20-14-21(34-33-20)31-22-18-9-5-10-19(18)30-25(32-22)36-13-7-11-27(36,23(28)37)17-8-6-12-35(15-17)24(38)26(3,4)29/h14,16-17H,5-13,15,29H2,1-4H3,(H2,28,37)(H2,30,31,32,33,34)/t17-,27?/m1/s1. The van der Waals surface area contributed by atoms with Crippen LogP contribution in [0.25, 0.3) is 0 Å². The predicted molar refractivity (Wildman–Crippen MR) is 146 cm³/mol. The molecule has 6 N–H and O–H groups in total. The summed E-state index contributed by atoms with van der Waals surface area (Å²) in [7, 11) is 0. The van der Waals surface area contributed by atoms with Gasteiger partial charge in [0.2, 0.25) is 17.8 Å². The summed E-state index contributed by atoms with van der Waals surface area (Å²) in [5.74, 6) is 1.68. The van der Waals surface area contributed by atoms with Crippen molar-refractivity contribution in [2.75, 3.05) is 29.9 Å². The minimum atomic E-state index is -0.970. The molecule has 0 aromatic carbocycles. The van der Waals surface area contributed by atoms with E-state index in [1.54, 1.807) is 18.7 Å². The maximum absolute atomic E-state index is 13.3. The summed E-state index contributed by atoms with van der Waals surface area (Å²) in [5, 5.41) is 10.9. The first-order valence-electron chi connectivity index (χ1n) is 13.9. The molecule has 2 aliphatic heterocycles. The monoisotopic (exact) mass is 523 g/mol. The number of H-pyrrole nitrogens is 1. The Morgan fingerprint density at radius 3 is 2.66 bits per heavy atom. The first-order chi connectivity index (χ1) is 18.0. The average Bonchev–Trinajstić information content (AvgIpc) is 3.62. The van der Waals surface area contributed by atoms with E-state index in [4.69, 9.17) is 21.4 Å². The molecular formula is C27H41N9O2. The second kappa shape index (κ2) is 9.83. The molecule has 2 aromatic rings. The summed E-state index contributed by atoms with van der Waals surface area (Å²) < 4.78 is 0. The number of amides is 2. The number of piperidine rings is 1. The number of rotatable bonds is 7. The Morgan fingerprint density at radius 1 is 1.18 bits per heavy atom. The van der Waals surface area contributed by atoms with Crippen LogP contribution in [0.5, 0.6) is 0 Å². The van der Waals surface area contributed by atoms with E-state index < -0.39 is 11.1 Å². The van der Waals surface area contributed by atoms with Gasteiger partial charge in [-0.2, -0.15) is 10.1 Å².